The normalized spacial score (nSPS) is 11.6. The van der Waals surface area contributed by atoms with Gasteiger partial charge in [0.25, 0.3) is 0 Å². The fourth-order valence-electron chi connectivity index (χ4n) is 1.95. The number of hydrogen-bond donors (Lipinski definition) is 0. The first kappa shape index (κ1) is 16.1. The number of benzene rings is 2. The Kier molecular flexibility index (Phi) is 4.88. The van der Waals surface area contributed by atoms with Crippen LogP contribution in [-0.2, 0) is 10.0 Å². The zero-order valence-corrected chi connectivity index (χ0v) is 13.7. The molecule has 0 bridgehead atoms. The van der Waals surface area contributed by atoms with Gasteiger partial charge in [0.2, 0.25) is 10.0 Å². The van der Waals surface area contributed by atoms with Crippen molar-refractivity contribution in [1.29, 1.82) is 0 Å². The van der Waals surface area contributed by atoms with Crippen LogP contribution in [0.4, 0.5) is 5.69 Å². The summed E-state index contributed by atoms with van der Waals surface area (Å²) in [4.78, 5) is 0. The van der Waals surface area contributed by atoms with E-state index in [4.69, 9.17) is 4.74 Å². The van der Waals surface area contributed by atoms with Gasteiger partial charge in [-0.1, -0.05) is 29.8 Å². The highest BCUT2D eigenvalue weighted by Crippen LogP contribution is 2.20. The number of anilines is 1. The van der Waals surface area contributed by atoms with Crippen LogP contribution in [0.5, 0.6) is 5.75 Å². The Bertz CT molecular complexity index is 747. The van der Waals surface area contributed by atoms with Crippen molar-refractivity contribution < 1.29 is 13.2 Å². The van der Waals surface area contributed by atoms with Gasteiger partial charge in [-0.2, -0.15) is 0 Å². The summed E-state index contributed by atoms with van der Waals surface area (Å²) in [7, 11) is -1.79. The Balaban J connectivity index is 2.30. The lowest BCUT2D eigenvalue weighted by molar-refractivity contribution is 0.415. The smallest absolute Gasteiger partial charge is 0.236 e. The first-order chi connectivity index (χ1) is 10.4. The third-order valence-corrected chi connectivity index (χ3v) is 4.21. The lowest BCUT2D eigenvalue weighted by Gasteiger charge is -2.18. The van der Waals surface area contributed by atoms with Crippen molar-refractivity contribution in [2.24, 2.45) is 0 Å². The molecule has 0 aliphatic rings. The van der Waals surface area contributed by atoms with Gasteiger partial charge in [0.15, 0.2) is 0 Å². The zero-order chi connectivity index (χ0) is 16.2. The summed E-state index contributed by atoms with van der Waals surface area (Å²) < 4.78 is 30.3. The van der Waals surface area contributed by atoms with Crippen LogP contribution in [0.15, 0.2) is 54.7 Å². The number of rotatable bonds is 5. The number of methoxy groups -OCH3 is 1. The van der Waals surface area contributed by atoms with E-state index < -0.39 is 10.0 Å². The lowest BCUT2D eigenvalue weighted by Crippen LogP contribution is -2.23. The average Bonchev–Trinajstić information content (AvgIpc) is 2.48. The van der Waals surface area contributed by atoms with Crippen molar-refractivity contribution in [2.75, 3.05) is 17.7 Å². The third-order valence-electron chi connectivity index (χ3n) is 3.16. The summed E-state index contributed by atoms with van der Waals surface area (Å²) in [5.74, 6) is 0.760. The molecule has 0 fully saturated rings. The number of sulfonamides is 1. The van der Waals surface area contributed by atoms with E-state index in [-0.39, 0.29) is 0 Å². The minimum atomic E-state index is -3.39. The molecular formula is C17H19NO3S. The quantitative estimate of drug-likeness (QED) is 0.848. The Morgan fingerprint density at radius 1 is 1.00 bits per heavy atom. The Morgan fingerprint density at radius 2 is 1.59 bits per heavy atom. The van der Waals surface area contributed by atoms with E-state index in [1.165, 1.54) is 10.6 Å². The number of nitrogens with zero attached hydrogens (tertiary/aromatic N) is 1. The molecule has 0 heterocycles. The van der Waals surface area contributed by atoms with Crippen molar-refractivity contribution in [1.82, 2.24) is 0 Å². The highest BCUT2D eigenvalue weighted by Gasteiger charge is 2.14. The van der Waals surface area contributed by atoms with Crippen LogP contribution in [0.3, 0.4) is 0 Å². The fourth-order valence-corrected chi connectivity index (χ4v) is 2.74. The molecule has 0 atom stereocenters. The van der Waals surface area contributed by atoms with Gasteiger partial charge in [-0.25, -0.2) is 12.7 Å². The van der Waals surface area contributed by atoms with E-state index in [2.05, 4.69) is 0 Å². The highest BCUT2D eigenvalue weighted by molar-refractivity contribution is 7.92. The van der Waals surface area contributed by atoms with E-state index in [1.54, 1.807) is 31.5 Å². The topological polar surface area (TPSA) is 46.6 Å². The molecular weight excluding hydrogens is 298 g/mol. The summed E-state index contributed by atoms with van der Waals surface area (Å²) in [6.07, 6.45) is 4.49. The van der Waals surface area contributed by atoms with Gasteiger partial charge in [0.1, 0.15) is 5.75 Å². The molecule has 0 aliphatic heterocycles. The molecule has 5 heteroatoms. The fraction of sp³-hybridized carbons (Fsp3) is 0.176. The molecule has 116 valence electrons. The van der Waals surface area contributed by atoms with E-state index in [0.29, 0.717) is 5.69 Å². The van der Waals surface area contributed by atoms with Crippen LogP contribution in [0, 0.1) is 6.92 Å². The molecule has 2 aromatic carbocycles. The number of hydrogen-bond acceptors (Lipinski definition) is 3. The van der Waals surface area contributed by atoms with Gasteiger partial charge in [-0.15, -0.1) is 0 Å². The van der Waals surface area contributed by atoms with Crippen molar-refractivity contribution in [3.8, 4) is 5.75 Å². The molecule has 2 rings (SSSR count). The first-order valence-electron chi connectivity index (χ1n) is 6.78. The van der Waals surface area contributed by atoms with E-state index in [9.17, 15) is 8.42 Å². The highest BCUT2D eigenvalue weighted by atomic mass is 32.2. The zero-order valence-electron chi connectivity index (χ0n) is 12.9. The second-order valence-electron chi connectivity index (χ2n) is 4.98. The number of ether oxygens (including phenoxy) is 1. The van der Waals surface area contributed by atoms with E-state index in [1.807, 2.05) is 43.3 Å². The molecule has 0 spiro atoms. The Hall–Kier alpha value is -2.27. The molecule has 0 aliphatic carbocycles. The van der Waals surface area contributed by atoms with Gasteiger partial charge in [-0.05, 0) is 42.8 Å². The molecule has 0 amide bonds. The Morgan fingerprint density at radius 3 is 2.09 bits per heavy atom. The predicted octanol–water partition coefficient (Wildman–Crippen LogP) is 3.44. The standard InChI is InChI=1S/C17H19NO3S/c1-14-4-8-16(9-5-14)18(22(3,19)20)13-12-15-6-10-17(21-2)11-7-15/h4-13H,1-3H3/b13-12-. The second-order valence-corrected chi connectivity index (χ2v) is 6.84. The second kappa shape index (κ2) is 6.66. The van der Waals surface area contributed by atoms with Crippen LogP contribution in [0.1, 0.15) is 11.1 Å². The summed E-state index contributed by atoms with van der Waals surface area (Å²) in [6, 6.07) is 14.7. The lowest BCUT2D eigenvalue weighted by atomic mass is 10.2. The Labute approximate surface area is 131 Å². The van der Waals surface area contributed by atoms with E-state index >= 15 is 0 Å². The van der Waals surface area contributed by atoms with Gasteiger partial charge in [0, 0.05) is 6.20 Å². The third kappa shape index (κ3) is 4.11. The van der Waals surface area contributed by atoms with Crippen molar-refractivity contribution in [2.45, 2.75) is 6.92 Å². The summed E-state index contributed by atoms with van der Waals surface area (Å²) >= 11 is 0. The first-order valence-corrected chi connectivity index (χ1v) is 8.63. The van der Waals surface area contributed by atoms with Crippen LogP contribution in [-0.4, -0.2) is 21.8 Å². The monoisotopic (exact) mass is 317 g/mol. The van der Waals surface area contributed by atoms with Gasteiger partial charge in [0.05, 0.1) is 19.1 Å². The average molecular weight is 317 g/mol. The molecule has 2 aromatic rings. The number of aryl methyl sites for hydroxylation is 1. The minimum absolute atomic E-state index is 0.609. The van der Waals surface area contributed by atoms with Gasteiger partial charge in [-0.3, -0.25) is 0 Å². The van der Waals surface area contributed by atoms with Gasteiger partial charge >= 0.3 is 0 Å². The SMILES string of the molecule is COc1ccc(/C=C\N(c2ccc(C)cc2)S(C)(=O)=O)cc1. The molecule has 0 saturated carbocycles. The summed E-state index contributed by atoms with van der Waals surface area (Å²) in [6.45, 7) is 1.96. The predicted molar refractivity (Wildman–Crippen MR) is 90.5 cm³/mol. The maximum atomic E-state index is 12.0. The summed E-state index contributed by atoms with van der Waals surface area (Å²) in [5.41, 5.74) is 2.58. The van der Waals surface area contributed by atoms with Crippen molar-refractivity contribution >= 4 is 21.8 Å². The van der Waals surface area contributed by atoms with Crippen LogP contribution >= 0.6 is 0 Å². The molecule has 4 nitrogen and oxygen atoms in total. The maximum Gasteiger partial charge on any atom is 0.236 e. The maximum absolute atomic E-state index is 12.0. The summed E-state index contributed by atoms with van der Waals surface area (Å²) in [5, 5.41) is 0. The largest absolute Gasteiger partial charge is 0.497 e. The molecule has 0 unspecified atom stereocenters. The van der Waals surface area contributed by atoms with Crippen LogP contribution < -0.4 is 9.04 Å². The van der Waals surface area contributed by atoms with Crippen LogP contribution in [0.2, 0.25) is 0 Å². The molecule has 22 heavy (non-hydrogen) atoms. The van der Waals surface area contributed by atoms with Crippen molar-refractivity contribution in [3.63, 3.8) is 0 Å². The minimum Gasteiger partial charge on any atom is -0.497 e. The van der Waals surface area contributed by atoms with E-state index in [0.717, 1.165) is 16.9 Å². The van der Waals surface area contributed by atoms with Crippen molar-refractivity contribution in [3.05, 3.63) is 65.9 Å². The molecule has 0 saturated heterocycles. The molecule has 0 aromatic heterocycles. The van der Waals surface area contributed by atoms with Gasteiger partial charge < -0.3 is 4.74 Å². The van der Waals surface area contributed by atoms with Crippen LogP contribution in [0.25, 0.3) is 6.08 Å². The molecule has 0 N–H and O–H groups in total. The molecule has 0 radical (unpaired) electrons.